The summed E-state index contributed by atoms with van der Waals surface area (Å²) in [7, 11) is 0. The smallest absolute Gasteiger partial charge is 0.225 e. The summed E-state index contributed by atoms with van der Waals surface area (Å²) >= 11 is 0. The number of nitrogens with zero attached hydrogens (tertiary/aromatic N) is 3. The van der Waals surface area contributed by atoms with Crippen LogP contribution in [0.3, 0.4) is 0 Å². The second-order valence-electron chi connectivity index (χ2n) is 4.61. The van der Waals surface area contributed by atoms with Crippen LogP contribution in [0.2, 0.25) is 0 Å². The Hall–Kier alpha value is -1.16. The molecule has 1 aliphatic rings. The lowest BCUT2D eigenvalue weighted by atomic mass is 10.00. The van der Waals surface area contributed by atoms with Crippen LogP contribution in [0, 0.1) is 12.8 Å². The Balaban J connectivity index is 2.12. The molecule has 0 amide bonds. The normalized spacial score (nSPS) is 17.8. The molecule has 88 valence electrons. The quantitative estimate of drug-likeness (QED) is 0.822. The number of aromatic nitrogens is 2. The van der Waals surface area contributed by atoms with Crippen molar-refractivity contribution in [2.24, 2.45) is 5.92 Å². The molecule has 1 aliphatic heterocycles. The van der Waals surface area contributed by atoms with Crippen molar-refractivity contribution < 1.29 is 5.11 Å². The first-order valence-corrected chi connectivity index (χ1v) is 5.89. The van der Waals surface area contributed by atoms with Crippen LogP contribution in [0.15, 0.2) is 6.20 Å². The van der Waals surface area contributed by atoms with E-state index in [2.05, 4.69) is 21.8 Å². The minimum absolute atomic E-state index is 0.0170. The molecule has 0 aliphatic carbocycles. The van der Waals surface area contributed by atoms with Gasteiger partial charge in [0.2, 0.25) is 5.95 Å². The van der Waals surface area contributed by atoms with Crippen LogP contribution in [0.5, 0.6) is 0 Å². The van der Waals surface area contributed by atoms with Crippen LogP contribution in [0.25, 0.3) is 0 Å². The van der Waals surface area contributed by atoms with E-state index in [1.807, 2.05) is 6.92 Å². The van der Waals surface area contributed by atoms with E-state index in [1.165, 1.54) is 12.8 Å². The third kappa shape index (κ3) is 2.32. The molecule has 0 unspecified atom stereocenters. The summed E-state index contributed by atoms with van der Waals surface area (Å²) in [6.07, 6.45) is 4.16. The number of anilines is 1. The van der Waals surface area contributed by atoms with E-state index in [-0.39, 0.29) is 6.61 Å². The minimum atomic E-state index is 0.0170. The monoisotopic (exact) mass is 221 g/mol. The second-order valence-corrected chi connectivity index (χ2v) is 4.61. The molecule has 4 heteroatoms. The molecule has 0 atom stereocenters. The highest BCUT2D eigenvalue weighted by atomic mass is 16.3. The van der Waals surface area contributed by atoms with Crippen LogP contribution in [-0.4, -0.2) is 28.2 Å². The van der Waals surface area contributed by atoms with Gasteiger partial charge in [0.1, 0.15) is 0 Å². The van der Waals surface area contributed by atoms with Gasteiger partial charge < -0.3 is 10.0 Å². The van der Waals surface area contributed by atoms with Crippen molar-refractivity contribution in [1.29, 1.82) is 0 Å². The average molecular weight is 221 g/mol. The summed E-state index contributed by atoms with van der Waals surface area (Å²) in [5.74, 6) is 1.62. The molecule has 1 saturated heterocycles. The van der Waals surface area contributed by atoms with Crippen LogP contribution in [0.4, 0.5) is 5.95 Å². The lowest BCUT2D eigenvalue weighted by Gasteiger charge is -2.30. The highest BCUT2D eigenvalue weighted by molar-refractivity contribution is 5.33. The molecule has 0 radical (unpaired) electrons. The number of hydrogen-bond acceptors (Lipinski definition) is 4. The van der Waals surface area contributed by atoms with E-state index in [9.17, 15) is 0 Å². The van der Waals surface area contributed by atoms with E-state index in [0.29, 0.717) is 0 Å². The fourth-order valence-corrected chi connectivity index (χ4v) is 2.00. The fourth-order valence-electron chi connectivity index (χ4n) is 2.00. The topological polar surface area (TPSA) is 49.2 Å². The number of aryl methyl sites for hydroxylation is 1. The molecule has 4 nitrogen and oxygen atoms in total. The van der Waals surface area contributed by atoms with E-state index in [0.717, 1.165) is 36.2 Å². The first-order valence-electron chi connectivity index (χ1n) is 5.89. The Bertz CT molecular complexity index is 359. The lowest BCUT2D eigenvalue weighted by molar-refractivity contribution is 0.280. The van der Waals surface area contributed by atoms with Crippen molar-refractivity contribution in [2.75, 3.05) is 18.0 Å². The Kier molecular flexibility index (Phi) is 3.39. The fraction of sp³-hybridized carbons (Fsp3) is 0.667. The second kappa shape index (κ2) is 4.78. The van der Waals surface area contributed by atoms with Crippen LogP contribution >= 0.6 is 0 Å². The molecule has 1 aromatic rings. The molecule has 1 N–H and O–H groups in total. The standard InChI is InChI=1S/C12H19N3O/c1-9-3-5-15(6-4-9)12-13-7-11(8-16)10(2)14-12/h7,9,16H,3-6,8H2,1-2H3. The van der Waals surface area contributed by atoms with Gasteiger partial charge in [0.25, 0.3) is 0 Å². The van der Waals surface area contributed by atoms with Gasteiger partial charge in [-0.15, -0.1) is 0 Å². The van der Waals surface area contributed by atoms with Gasteiger partial charge in [-0.2, -0.15) is 0 Å². The maximum atomic E-state index is 9.06. The van der Waals surface area contributed by atoms with Gasteiger partial charge in [0.05, 0.1) is 6.61 Å². The van der Waals surface area contributed by atoms with Crippen LogP contribution < -0.4 is 4.90 Å². The van der Waals surface area contributed by atoms with Crippen molar-refractivity contribution in [1.82, 2.24) is 9.97 Å². The Morgan fingerprint density at radius 3 is 2.69 bits per heavy atom. The maximum Gasteiger partial charge on any atom is 0.225 e. The largest absolute Gasteiger partial charge is 0.392 e. The number of hydrogen-bond donors (Lipinski definition) is 1. The maximum absolute atomic E-state index is 9.06. The van der Waals surface area contributed by atoms with Crippen molar-refractivity contribution in [3.8, 4) is 0 Å². The van der Waals surface area contributed by atoms with E-state index in [4.69, 9.17) is 5.11 Å². The van der Waals surface area contributed by atoms with Gasteiger partial charge >= 0.3 is 0 Å². The molecule has 2 heterocycles. The summed E-state index contributed by atoms with van der Waals surface area (Å²) in [4.78, 5) is 11.0. The zero-order chi connectivity index (χ0) is 11.5. The van der Waals surface area contributed by atoms with Gasteiger partial charge in [-0.1, -0.05) is 6.92 Å². The number of rotatable bonds is 2. The molecule has 0 spiro atoms. The van der Waals surface area contributed by atoms with Gasteiger partial charge in [0.15, 0.2) is 0 Å². The highest BCUT2D eigenvalue weighted by Crippen LogP contribution is 2.20. The van der Waals surface area contributed by atoms with Crippen LogP contribution in [-0.2, 0) is 6.61 Å². The van der Waals surface area contributed by atoms with Crippen molar-refractivity contribution >= 4 is 5.95 Å². The number of aliphatic hydroxyl groups excluding tert-OH is 1. The molecular formula is C12H19N3O. The number of aliphatic hydroxyl groups is 1. The molecule has 0 bridgehead atoms. The van der Waals surface area contributed by atoms with Gasteiger partial charge in [0, 0.05) is 30.5 Å². The first kappa shape index (κ1) is 11.3. The highest BCUT2D eigenvalue weighted by Gasteiger charge is 2.18. The first-order chi connectivity index (χ1) is 7.70. The zero-order valence-corrected chi connectivity index (χ0v) is 9.98. The molecule has 16 heavy (non-hydrogen) atoms. The molecule has 1 fully saturated rings. The summed E-state index contributed by atoms with van der Waals surface area (Å²) in [6.45, 7) is 6.31. The van der Waals surface area contributed by atoms with Crippen molar-refractivity contribution in [2.45, 2.75) is 33.3 Å². The van der Waals surface area contributed by atoms with Gasteiger partial charge in [-0.05, 0) is 25.7 Å². The summed E-state index contributed by atoms with van der Waals surface area (Å²) in [5, 5.41) is 9.06. The summed E-state index contributed by atoms with van der Waals surface area (Å²) in [5.41, 5.74) is 1.69. The predicted octanol–water partition coefficient (Wildman–Crippen LogP) is 1.51. The molecule has 0 saturated carbocycles. The third-order valence-corrected chi connectivity index (χ3v) is 3.31. The Labute approximate surface area is 96.3 Å². The number of piperidine rings is 1. The van der Waals surface area contributed by atoms with Gasteiger partial charge in [-0.25, -0.2) is 9.97 Å². The lowest BCUT2D eigenvalue weighted by Crippen LogP contribution is -2.34. The third-order valence-electron chi connectivity index (χ3n) is 3.31. The van der Waals surface area contributed by atoms with Crippen molar-refractivity contribution in [3.05, 3.63) is 17.5 Å². The average Bonchev–Trinajstić information content (AvgIpc) is 2.30. The predicted molar refractivity (Wildman–Crippen MR) is 63.3 cm³/mol. The molecule has 1 aromatic heterocycles. The SMILES string of the molecule is Cc1nc(N2CCC(C)CC2)ncc1CO. The Morgan fingerprint density at radius 2 is 2.12 bits per heavy atom. The van der Waals surface area contributed by atoms with Crippen LogP contribution in [0.1, 0.15) is 31.0 Å². The van der Waals surface area contributed by atoms with Gasteiger partial charge in [-0.3, -0.25) is 0 Å². The molecule has 0 aromatic carbocycles. The molecular weight excluding hydrogens is 202 g/mol. The van der Waals surface area contributed by atoms with E-state index in [1.54, 1.807) is 6.20 Å². The Morgan fingerprint density at radius 1 is 1.44 bits per heavy atom. The zero-order valence-electron chi connectivity index (χ0n) is 9.98. The van der Waals surface area contributed by atoms with E-state index < -0.39 is 0 Å². The summed E-state index contributed by atoms with van der Waals surface area (Å²) in [6, 6.07) is 0. The molecule has 2 rings (SSSR count). The van der Waals surface area contributed by atoms with E-state index >= 15 is 0 Å². The van der Waals surface area contributed by atoms with Crippen molar-refractivity contribution in [3.63, 3.8) is 0 Å². The summed E-state index contributed by atoms with van der Waals surface area (Å²) < 4.78 is 0. The minimum Gasteiger partial charge on any atom is -0.392 e.